The van der Waals surface area contributed by atoms with Crippen molar-refractivity contribution in [3.63, 3.8) is 0 Å². The molecule has 13 heavy (non-hydrogen) atoms. The molecule has 0 heterocycles. The van der Waals surface area contributed by atoms with Crippen LogP contribution in [-0.2, 0) is 6.42 Å². The highest BCUT2D eigenvalue weighted by molar-refractivity contribution is 6.30. The monoisotopic (exact) mass is 194 g/mol. The lowest BCUT2D eigenvalue weighted by Crippen LogP contribution is -1.79. The first-order valence-corrected chi connectivity index (χ1v) is 5.10. The fourth-order valence-corrected chi connectivity index (χ4v) is 1.25. The molecule has 0 aliphatic rings. The lowest BCUT2D eigenvalue weighted by molar-refractivity contribution is 0.953. The van der Waals surface area contributed by atoms with Gasteiger partial charge < -0.3 is 0 Å². The van der Waals surface area contributed by atoms with Crippen molar-refractivity contribution in [2.75, 3.05) is 0 Å². The van der Waals surface area contributed by atoms with Crippen LogP contribution in [-0.4, -0.2) is 0 Å². The molecule has 0 atom stereocenters. The van der Waals surface area contributed by atoms with E-state index in [4.69, 9.17) is 11.6 Å². The third-order valence-electron chi connectivity index (χ3n) is 1.89. The Hall–Kier alpha value is -0.750. The van der Waals surface area contributed by atoms with Gasteiger partial charge in [-0.25, -0.2) is 0 Å². The van der Waals surface area contributed by atoms with Gasteiger partial charge in [0.1, 0.15) is 0 Å². The number of benzene rings is 1. The molecule has 1 aromatic carbocycles. The summed E-state index contributed by atoms with van der Waals surface area (Å²) in [4.78, 5) is 0. The van der Waals surface area contributed by atoms with E-state index in [2.05, 4.69) is 31.2 Å². The van der Waals surface area contributed by atoms with E-state index in [1.807, 2.05) is 12.1 Å². The zero-order valence-corrected chi connectivity index (χ0v) is 8.72. The Labute approximate surface area is 85.2 Å². The van der Waals surface area contributed by atoms with Gasteiger partial charge in [-0.1, -0.05) is 49.2 Å². The predicted molar refractivity (Wildman–Crippen MR) is 59.2 cm³/mol. The third-order valence-corrected chi connectivity index (χ3v) is 2.14. The Morgan fingerprint density at radius 1 is 1.15 bits per heavy atom. The number of hydrogen-bond acceptors (Lipinski definition) is 0. The Kier molecular flexibility index (Phi) is 4.63. The number of hydrogen-bond donors (Lipinski definition) is 0. The van der Waals surface area contributed by atoms with Crippen LogP contribution in [0.3, 0.4) is 0 Å². The molecule has 1 aromatic rings. The van der Waals surface area contributed by atoms with Crippen LogP contribution in [0.4, 0.5) is 0 Å². The van der Waals surface area contributed by atoms with Gasteiger partial charge in [-0.05, 0) is 30.5 Å². The quantitative estimate of drug-likeness (QED) is 0.629. The summed E-state index contributed by atoms with van der Waals surface area (Å²) < 4.78 is 0. The summed E-state index contributed by atoms with van der Waals surface area (Å²) in [6.45, 7) is 2.19. The minimum atomic E-state index is 0.807. The van der Waals surface area contributed by atoms with Gasteiger partial charge in [-0.3, -0.25) is 0 Å². The van der Waals surface area contributed by atoms with Crippen LogP contribution in [0.1, 0.15) is 25.3 Å². The second kappa shape index (κ2) is 5.82. The van der Waals surface area contributed by atoms with E-state index in [-0.39, 0.29) is 0 Å². The number of rotatable bonds is 4. The van der Waals surface area contributed by atoms with Crippen LogP contribution in [0.25, 0.3) is 0 Å². The van der Waals surface area contributed by atoms with Gasteiger partial charge in [0.15, 0.2) is 0 Å². The highest BCUT2D eigenvalue weighted by Crippen LogP contribution is 2.10. The average molecular weight is 195 g/mol. The molecule has 0 aliphatic heterocycles. The molecule has 0 saturated carbocycles. The van der Waals surface area contributed by atoms with Crippen LogP contribution in [0.5, 0.6) is 0 Å². The van der Waals surface area contributed by atoms with E-state index in [1.165, 1.54) is 18.4 Å². The van der Waals surface area contributed by atoms with Crippen molar-refractivity contribution in [3.05, 3.63) is 47.0 Å². The topological polar surface area (TPSA) is 0 Å². The van der Waals surface area contributed by atoms with Crippen molar-refractivity contribution in [1.29, 1.82) is 0 Å². The fraction of sp³-hybridized carbons (Fsp3) is 0.333. The van der Waals surface area contributed by atoms with E-state index < -0.39 is 0 Å². The highest BCUT2D eigenvalue weighted by atomic mass is 35.5. The number of allylic oxidation sites excluding steroid dienone is 2. The molecule has 0 unspecified atom stereocenters. The number of unbranched alkanes of at least 4 members (excludes halogenated alkanes) is 1. The summed E-state index contributed by atoms with van der Waals surface area (Å²) in [6.07, 6.45) is 7.85. The molecular weight excluding hydrogens is 180 g/mol. The predicted octanol–water partition coefficient (Wildman–Crippen LogP) is 4.24. The molecule has 0 aliphatic carbocycles. The molecule has 0 amide bonds. The Morgan fingerprint density at radius 3 is 2.46 bits per heavy atom. The lowest BCUT2D eigenvalue weighted by atomic mass is 10.1. The number of halogens is 1. The summed E-state index contributed by atoms with van der Waals surface area (Å²) in [5.41, 5.74) is 1.32. The van der Waals surface area contributed by atoms with Gasteiger partial charge in [0.25, 0.3) is 0 Å². The van der Waals surface area contributed by atoms with Gasteiger partial charge in [0.2, 0.25) is 0 Å². The first-order chi connectivity index (χ1) is 6.33. The van der Waals surface area contributed by atoms with Crippen LogP contribution >= 0.6 is 11.6 Å². The molecule has 0 fully saturated rings. The third kappa shape index (κ3) is 4.14. The normalized spacial score (nSPS) is 10.9. The molecule has 70 valence electrons. The lowest BCUT2D eigenvalue weighted by Gasteiger charge is -1.95. The van der Waals surface area contributed by atoms with E-state index >= 15 is 0 Å². The van der Waals surface area contributed by atoms with Gasteiger partial charge in [-0.15, -0.1) is 0 Å². The molecule has 0 radical (unpaired) electrons. The van der Waals surface area contributed by atoms with Gasteiger partial charge in [-0.2, -0.15) is 0 Å². The standard InChI is InChI=1S/C12H15Cl/c1-2-3-4-5-6-11-7-9-12(13)10-8-11/h4-5,7-10H,2-3,6H2,1H3. The van der Waals surface area contributed by atoms with Crippen molar-refractivity contribution in [2.24, 2.45) is 0 Å². The van der Waals surface area contributed by atoms with E-state index in [1.54, 1.807) is 0 Å². The molecule has 0 saturated heterocycles. The van der Waals surface area contributed by atoms with E-state index in [0.717, 1.165) is 11.4 Å². The van der Waals surface area contributed by atoms with E-state index in [0.29, 0.717) is 0 Å². The maximum Gasteiger partial charge on any atom is 0.0406 e. The van der Waals surface area contributed by atoms with Crippen molar-refractivity contribution < 1.29 is 0 Å². The van der Waals surface area contributed by atoms with Crippen LogP contribution in [0, 0.1) is 0 Å². The van der Waals surface area contributed by atoms with Crippen LogP contribution in [0.15, 0.2) is 36.4 Å². The van der Waals surface area contributed by atoms with Gasteiger partial charge in [0.05, 0.1) is 0 Å². The van der Waals surface area contributed by atoms with Crippen molar-refractivity contribution in [1.82, 2.24) is 0 Å². The molecule has 0 aromatic heterocycles. The summed E-state index contributed by atoms with van der Waals surface area (Å²) in [5, 5.41) is 0.807. The second-order valence-corrected chi connectivity index (χ2v) is 3.53. The summed E-state index contributed by atoms with van der Waals surface area (Å²) in [7, 11) is 0. The minimum Gasteiger partial charge on any atom is -0.0882 e. The maximum atomic E-state index is 5.78. The Bertz CT molecular complexity index is 259. The minimum absolute atomic E-state index is 0.807. The SMILES string of the molecule is CCCC=CCc1ccc(Cl)cc1. The zero-order chi connectivity index (χ0) is 9.52. The second-order valence-electron chi connectivity index (χ2n) is 3.09. The molecular formula is C12H15Cl. The average Bonchev–Trinajstić information content (AvgIpc) is 2.15. The van der Waals surface area contributed by atoms with Gasteiger partial charge >= 0.3 is 0 Å². The summed E-state index contributed by atoms with van der Waals surface area (Å²) >= 11 is 5.78. The van der Waals surface area contributed by atoms with Crippen molar-refractivity contribution in [3.8, 4) is 0 Å². The molecule has 0 N–H and O–H groups in total. The molecule has 0 spiro atoms. The molecule has 1 rings (SSSR count). The summed E-state index contributed by atoms with van der Waals surface area (Å²) in [5.74, 6) is 0. The van der Waals surface area contributed by atoms with Crippen LogP contribution in [0.2, 0.25) is 5.02 Å². The first kappa shape index (κ1) is 10.3. The maximum absolute atomic E-state index is 5.78. The Morgan fingerprint density at radius 2 is 1.85 bits per heavy atom. The van der Waals surface area contributed by atoms with Gasteiger partial charge in [0, 0.05) is 5.02 Å². The van der Waals surface area contributed by atoms with Crippen molar-refractivity contribution >= 4 is 11.6 Å². The molecule has 0 nitrogen and oxygen atoms in total. The summed E-state index contributed by atoms with van der Waals surface area (Å²) in [6, 6.07) is 8.01. The highest BCUT2D eigenvalue weighted by Gasteiger charge is 1.88. The van der Waals surface area contributed by atoms with E-state index in [9.17, 15) is 0 Å². The Balaban J connectivity index is 2.41. The molecule has 1 heteroatoms. The zero-order valence-electron chi connectivity index (χ0n) is 7.96. The smallest absolute Gasteiger partial charge is 0.0406 e. The fourth-order valence-electron chi connectivity index (χ4n) is 1.12. The first-order valence-electron chi connectivity index (χ1n) is 4.72. The largest absolute Gasteiger partial charge is 0.0882 e. The molecule has 0 bridgehead atoms. The van der Waals surface area contributed by atoms with Crippen LogP contribution < -0.4 is 0 Å². The van der Waals surface area contributed by atoms with Crippen molar-refractivity contribution in [2.45, 2.75) is 26.2 Å².